The number of fused-ring (bicyclic) bond motifs is 2. The molecule has 1 fully saturated rings. The molecule has 1 aliphatic carbocycles. The number of carbonyl (C=O) groups is 3. The molecule has 8 heteroatoms. The first-order valence-electron chi connectivity index (χ1n) is 12.3. The first kappa shape index (κ1) is 22.7. The van der Waals surface area contributed by atoms with Crippen LogP contribution in [0.25, 0.3) is 16.9 Å². The predicted molar refractivity (Wildman–Crippen MR) is 139 cm³/mol. The first-order valence-corrected chi connectivity index (χ1v) is 12.3. The Kier molecular flexibility index (Phi) is 5.56. The molecule has 1 aromatic heterocycles. The summed E-state index contributed by atoms with van der Waals surface area (Å²) in [5.74, 6) is -0.428. The number of imide groups is 1. The Morgan fingerprint density at radius 1 is 0.946 bits per heavy atom. The van der Waals surface area contributed by atoms with Crippen molar-refractivity contribution in [2.75, 3.05) is 11.9 Å². The topological polar surface area (TPSA) is 96.3 Å². The Morgan fingerprint density at radius 3 is 2.43 bits per heavy atom. The van der Waals surface area contributed by atoms with Gasteiger partial charge in [-0.2, -0.15) is 5.10 Å². The Balaban J connectivity index is 1.27. The van der Waals surface area contributed by atoms with Crippen molar-refractivity contribution in [3.63, 3.8) is 0 Å². The van der Waals surface area contributed by atoms with Crippen molar-refractivity contribution in [1.29, 1.82) is 0 Å². The monoisotopic (exact) mass is 491 g/mol. The highest BCUT2D eigenvalue weighted by Gasteiger charge is 2.54. The summed E-state index contributed by atoms with van der Waals surface area (Å²) in [6.07, 6.45) is 2.14. The summed E-state index contributed by atoms with van der Waals surface area (Å²) < 4.78 is 1.64. The van der Waals surface area contributed by atoms with Gasteiger partial charge in [-0.05, 0) is 42.5 Å². The minimum absolute atomic E-state index is 0.388. The number of nitrogens with one attached hydrogen (secondary N) is 2. The van der Waals surface area contributed by atoms with Crippen molar-refractivity contribution in [3.8, 4) is 16.9 Å². The molecule has 3 aromatic carbocycles. The average Bonchev–Trinajstić information content (AvgIpc) is 3.45. The van der Waals surface area contributed by atoms with Gasteiger partial charge in [0, 0.05) is 11.6 Å². The largest absolute Gasteiger partial charge is 0.325 e. The van der Waals surface area contributed by atoms with Gasteiger partial charge in [0.2, 0.25) is 5.91 Å². The maximum absolute atomic E-state index is 13.6. The van der Waals surface area contributed by atoms with Crippen molar-refractivity contribution >= 4 is 23.7 Å². The quantitative estimate of drug-likeness (QED) is 0.408. The lowest BCUT2D eigenvalue weighted by Crippen LogP contribution is -2.47. The van der Waals surface area contributed by atoms with Gasteiger partial charge in [0.1, 0.15) is 17.9 Å². The highest BCUT2D eigenvalue weighted by Crippen LogP contribution is 2.39. The molecular formula is C29H25N5O3. The lowest BCUT2D eigenvalue weighted by molar-refractivity contribution is -0.134. The van der Waals surface area contributed by atoms with E-state index in [1.807, 2.05) is 84.9 Å². The van der Waals surface area contributed by atoms with E-state index in [2.05, 4.69) is 10.6 Å². The van der Waals surface area contributed by atoms with Crippen LogP contribution in [0.5, 0.6) is 0 Å². The number of aromatic nitrogens is 2. The van der Waals surface area contributed by atoms with E-state index < -0.39 is 24.0 Å². The van der Waals surface area contributed by atoms with E-state index in [1.165, 1.54) is 0 Å². The van der Waals surface area contributed by atoms with Gasteiger partial charge in [-0.1, -0.05) is 72.8 Å². The Bertz CT molecular complexity index is 1500. The standard InChI is InChI=1S/C29H25N5O3/c35-26(19-33-27(36)29(31-28(33)37)17-9-13-20-10-7-8-16-23(20)29)30-25-18-24(21-11-3-1-4-12-21)32-34(25)22-14-5-2-6-15-22/h1-8,10-12,14-16,18H,9,13,17,19H2,(H,30,35)(H,31,37). The van der Waals surface area contributed by atoms with Crippen LogP contribution in [0, 0.1) is 0 Å². The van der Waals surface area contributed by atoms with E-state index in [4.69, 9.17) is 5.10 Å². The van der Waals surface area contributed by atoms with Crippen LogP contribution in [0.15, 0.2) is 91.0 Å². The Hall–Kier alpha value is -4.72. The maximum Gasteiger partial charge on any atom is 0.325 e. The molecule has 4 amide bonds. The number of para-hydroxylation sites is 1. The van der Waals surface area contributed by atoms with Gasteiger partial charge in [-0.25, -0.2) is 9.48 Å². The van der Waals surface area contributed by atoms with Gasteiger partial charge >= 0.3 is 6.03 Å². The number of carbonyl (C=O) groups excluding carboxylic acids is 3. The normalized spacial score (nSPS) is 18.5. The van der Waals surface area contributed by atoms with Crippen molar-refractivity contribution in [3.05, 3.63) is 102 Å². The fraction of sp³-hybridized carbons (Fsp3) is 0.172. The van der Waals surface area contributed by atoms with Gasteiger partial charge in [-0.15, -0.1) is 0 Å². The minimum Gasteiger partial charge on any atom is -0.319 e. The smallest absolute Gasteiger partial charge is 0.319 e. The summed E-state index contributed by atoms with van der Waals surface area (Å²) in [5.41, 5.74) is 3.12. The fourth-order valence-corrected chi connectivity index (χ4v) is 5.27. The second-order valence-electron chi connectivity index (χ2n) is 9.31. The van der Waals surface area contributed by atoms with Gasteiger partial charge in [-0.3, -0.25) is 14.5 Å². The van der Waals surface area contributed by atoms with E-state index in [-0.39, 0.29) is 5.91 Å². The number of aryl methyl sites for hydroxylation is 1. The van der Waals surface area contributed by atoms with Crippen LogP contribution in [0.4, 0.5) is 10.6 Å². The van der Waals surface area contributed by atoms with Gasteiger partial charge in [0.05, 0.1) is 11.4 Å². The van der Waals surface area contributed by atoms with Crippen molar-refractivity contribution in [2.24, 2.45) is 0 Å². The molecule has 1 aliphatic heterocycles. The van der Waals surface area contributed by atoms with E-state index >= 15 is 0 Å². The zero-order valence-corrected chi connectivity index (χ0v) is 20.1. The average molecular weight is 492 g/mol. The van der Waals surface area contributed by atoms with Crippen molar-refractivity contribution in [2.45, 2.75) is 24.8 Å². The third kappa shape index (κ3) is 3.96. The summed E-state index contributed by atoms with van der Waals surface area (Å²) in [5, 5.41) is 10.5. The Labute approximate surface area is 213 Å². The molecule has 1 spiro atoms. The van der Waals surface area contributed by atoms with Crippen LogP contribution in [0.3, 0.4) is 0 Å². The summed E-state index contributed by atoms with van der Waals surface area (Å²) in [7, 11) is 0. The molecule has 6 rings (SSSR count). The van der Waals surface area contributed by atoms with Gasteiger partial charge in [0.25, 0.3) is 5.91 Å². The molecule has 2 heterocycles. The molecule has 0 saturated carbocycles. The van der Waals surface area contributed by atoms with E-state index in [9.17, 15) is 14.4 Å². The lowest BCUT2D eigenvalue weighted by atomic mass is 9.76. The molecule has 2 N–H and O–H groups in total. The van der Waals surface area contributed by atoms with Crippen LogP contribution in [-0.4, -0.2) is 39.1 Å². The summed E-state index contributed by atoms with van der Waals surface area (Å²) >= 11 is 0. The SMILES string of the molecule is O=C(CN1C(=O)NC2(CCCc3ccccc32)C1=O)Nc1cc(-c2ccccc2)nn1-c1ccccc1. The molecule has 184 valence electrons. The second-order valence-corrected chi connectivity index (χ2v) is 9.31. The summed E-state index contributed by atoms with van der Waals surface area (Å²) in [6, 6.07) is 28.0. The highest BCUT2D eigenvalue weighted by molar-refractivity contribution is 6.10. The minimum atomic E-state index is -1.11. The molecule has 4 aromatic rings. The molecule has 1 unspecified atom stereocenters. The van der Waals surface area contributed by atoms with Crippen LogP contribution < -0.4 is 10.6 Å². The third-order valence-corrected chi connectivity index (χ3v) is 7.00. The van der Waals surface area contributed by atoms with Crippen LogP contribution >= 0.6 is 0 Å². The van der Waals surface area contributed by atoms with E-state index in [0.717, 1.165) is 40.1 Å². The molecule has 1 saturated heterocycles. The fourth-order valence-electron chi connectivity index (χ4n) is 5.27. The molecule has 8 nitrogen and oxygen atoms in total. The Morgan fingerprint density at radius 2 is 1.65 bits per heavy atom. The number of benzene rings is 3. The molecule has 0 bridgehead atoms. The van der Waals surface area contributed by atoms with Crippen LogP contribution in [0.1, 0.15) is 24.0 Å². The molecule has 1 atom stereocenters. The lowest BCUT2D eigenvalue weighted by Gasteiger charge is -2.33. The predicted octanol–water partition coefficient (Wildman–Crippen LogP) is 4.26. The number of anilines is 1. The molecule has 2 aliphatic rings. The van der Waals surface area contributed by atoms with Gasteiger partial charge < -0.3 is 10.6 Å². The summed E-state index contributed by atoms with van der Waals surface area (Å²) in [4.78, 5) is 40.7. The van der Waals surface area contributed by atoms with Gasteiger partial charge in [0.15, 0.2) is 0 Å². The maximum atomic E-state index is 13.6. The zero-order chi connectivity index (χ0) is 25.4. The molecular weight excluding hydrogens is 466 g/mol. The number of hydrogen-bond donors (Lipinski definition) is 2. The zero-order valence-electron chi connectivity index (χ0n) is 20.1. The van der Waals surface area contributed by atoms with Crippen LogP contribution in [0.2, 0.25) is 0 Å². The number of rotatable bonds is 5. The number of urea groups is 1. The number of amides is 4. The van der Waals surface area contributed by atoms with Crippen molar-refractivity contribution in [1.82, 2.24) is 20.0 Å². The second kappa shape index (κ2) is 9.05. The van der Waals surface area contributed by atoms with Crippen LogP contribution in [-0.2, 0) is 21.5 Å². The first-order chi connectivity index (χ1) is 18.0. The third-order valence-electron chi connectivity index (χ3n) is 7.00. The number of nitrogens with zero attached hydrogens (tertiary/aromatic N) is 3. The highest BCUT2D eigenvalue weighted by atomic mass is 16.2. The van der Waals surface area contributed by atoms with Crippen molar-refractivity contribution < 1.29 is 14.4 Å². The number of hydrogen-bond acceptors (Lipinski definition) is 4. The van der Waals surface area contributed by atoms with E-state index in [0.29, 0.717) is 17.9 Å². The molecule has 0 radical (unpaired) electrons. The summed E-state index contributed by atoms with van der Waals surface area (Å²) in [6.45, 7) is -0.394. The molecule has 37 heavy (non-hydrogen) atoms. The van der Waals surface area contributed by atoms with E-state index in [1.54, 1.807) is 10.7 Å².